The molecule has 1 atom stereocenters. The van der Waals surface area contributed by atoms with Gasteiger partial charge in [-0.15, -0.1) is 0 Å². The third-order valence-electron chi connectivity index (χ3n) is 2.61. The highest BCUT2D eigenvalue weighted by Crippen LogP contribution is 2.27. The molecular weight excluding hydrogens is 255 g/mol. The van der Waals surface area contributed by atoms with Gasteiger partial charge >= 0.3 is 0 Å². The van der Waals surface area contributed by atoms with E-state index >= 15 is 0 Å². The number of halogens is 2. The second-order valence-electron chi connectivity index (χ2n) is 3.88. The third kappa shape index (κ3) is 2.81. The van der Waals surface area contributed by atoms with Crippen molar-refractivity contribution in [3.05, 3.63) is 64.4 Å². The molecule has 2 rings (SSSR count). The molecule has 0 aliphatic heterocycles. The van der Waals surface area contributed by atoms with E-state index in [0.29, 0.717) is 16.9 Å². The van der Waals surface area contributed by atoms with E-state index in [-0.39, 0.29) is 5.02 Å². The van der Waals surface area contributed by atoms with Gasteiger partial charge in [0, 0.05) is 5.02 Å². The number of methoxy groups -OCH3 is 1. The molecule has 0 spiro atoms. The minimum Gasteiger partial charge on any atom is -0.497 e. The van der Waals surface area contributed by atoms with Crippen LogP contribution >= 0.6 is 11.6 Å². The lowest BCUT2D eigenvalue weighted by Crippen LogP contribution is -2.00. The zero-order valence-electron chi connectivity index (χ0n) is 9.73. The van der Waals surface area contributed by atoms with Gasteiger partial charge in [-0.05, 0) is 41.5 Å². The minimum atomic E-state index is -0.937. The van der Waals surface area contributed by atoms with Gasteiger partial charge < -0.3 is 9.84 Å². The molecule has 2 aromatic rings. The summed E-state index contributed by atoms with van der Waals surface area (Å²) in [5.74, 6) is 0.161. The summed E-state index contributed by atoms with van der Waals surface area (Å²) in [6.07, 6.45) is -0.937. The van der Waals surface area contributed by atoms with Crippen LogP contribution in [0.2, 0.25) is 5.02 Å². The monoisotopic (exact) mass is 266 g/mol. The van der Waals surface area contributed by atoms with Gasteiger partial charge in [0.25, 0.3) is 0 Å². The van der Waals surface area contributed by atoms with Gasteiger partial charge in [0.05, 0.1) is 7.11 Å². The van der Waals surface area contributed by atoms with Crippen molar-refractivity contribution in [3.63, 3.8) is 0 Å². The fraction of sp³-hybridized carbons (Fsp3) is 0.143. The molecule has 2 aromatic carbocycles. The van der Waals surface area contributed by atoms with E-state index in [1.54, 1.807) is 31.4 Å². The molecule has 94 valence electrons. The maximum Gasteiger partial charge on any atom is 0.125 e. The largest absolute Gasteiger partial charge is 0.497 e. The molecule has 0 fully saturated rings. The fourth-order valence-electron chi connectivity index (χ4n) is 1.74. The van der Waals surface area contributed by atoms with Gasteiger partial charge in [0.2, 0.25) is 0 Å². The van der Waals surface area contributed by atoms with Crippen molar-refractivity contribution < 1.29 is 14.2 Å². The SMILES string of the molecule is COc1cccc(C(O)c2cc(F)cc(Cl)c2)c1. The molecule has 0 bridgehead atoms. The molecule has 4 heteroatoms. The van der Waals surface area contributed by atoms with Crippen molar-refractivity contribution in [2.45, 2.75) is 6.10 Å². The van der Waals surface area contributed by atoms with Crippen LogP contribution in [0.5, 0.6) is 5.75 Å². The second kappa shape index (κ2) is 5.38. The zero-order valence-corrected chi connectivity index (χ0v) is 10.5. The average molecular weight is 267 g/mol. The van der Waals surface area contributed by atoms with E-state index in [9.17, 15) is 9.50 Å². The van der Waals surface area contributed by atoms with Crippen molar-refractivity contribution >= 4 is 11.6 Å². The van der Waals surface area contributed by atoms with Gasteiger partial charge in [0.15, 0.2) is 0 Å². The molecule has 0 amide bonds. The Bertz CT molecular complexity index is 537. The van der Waals surface area contributed by atoms with Crippen molar-refractivity contribution in [1.29, 1.82) is 0 Å². The summed E-state index contributed by atoms with van der Waals surface area (Å²) in [5.41, 5.74) is 1.03. The molecule has 0 aliphatic carbocycles. The van der Waals surface area contributed by atoms with E-state index in [1.807, 2.05) is 0 Å². The molecule has 0 saturated heterocycles. The lowest BCUT2D eigenvalue weighted by molar-refractivity contribution is 0.219. The Balaban J connectivity index is 2.37. The van der Waals surface area contributed by atoms with Gasteiger partial charge in [-0.3, -0.25) is 0 Å². The van der Waals surface area contributed by atoms with Crippen molar-refractivity contribution in [1.82, 2.24) is 0 Å². The number of aliphatic hydroxyl groups is 1. The van der Waals surface area contributed by atoms with E-state index < -0.39 is 11.9 Å². The van der Waals surface area contributed by atoms with E-state index in [1.165, 1.54) is 18.2 Å². The molecule has 0 aliphatic rings. The van der Waals surface area contributed by atoms with Gasteiger partial charge in [-0.2, -0.15) is 0 Å². The molecule has 0 radical (unpaired) electrons. The van der Waals surface area contributed by atoms with Crippen molar-refractivity contribution in [3.8, 4) is 5.75 Å². The van der Waals surface area contributed by atoms with Gasteiger partial charge in [-0.25, -0.2) is 4.39 Å². The Hall–Kier alpha value is -1.58. The summed E-state index contributed by atoms with van der Waals surface area (Å²) in [4.78, 5) is 0. The summed E-state index contributed by atoms with van der Waals surface area (Å²) in [7, 11) is 1.55. The van der Waals surface area contributed by atoms with Crippen LogP contribution in [-0.4, -0.2) is 12.2 Å². The first-order valence-corrected chi connectivity index (χ1v) is 5.76. The fourth-order valence-corrected chi connectivity index (χ4v) is 1.97. The van der Waals surface area contributed by atoms with Crippen LogP contribution in [0, 0.1) is 5.82 Å². The lowest BCUT2D eigenvalue weighted by Gasteiger charge is -2.13. The first-order valence-electron chi connectivity index (χ1n) is 5.38. The Morgan fingerprint density at radius 1 is 1.17 bits per heavy atom. The van der Waals surface area contributed by atoms with Crippen LogP contribution in [0.1, 0.15) is 17.2 Å². The zero-order chi connectivity index (χ0) is 13.1. The van der Waals surface area contributed by atoms with Crippen LogP contribution in [0.15, 0.2) is 42.5 Å². The van der Waals surface area contributed by atoms with Gasteiger partial charge in [-0.1, -0.05) is 23.7 Å². The normalized spacial score (nSPS) is 12.2. The molecule has 0 aromatic heterocycles. The van der Waals surface area contributed by atoms with Crippen LogP contribution in [-0.2, 0) is 0 Å². The second-order valence-corrected chi connectivity index (χ2v) is 4.32. The molecule has 2 nitrogen and oxygen atoms in total. The highest BCUT2D eigenvalue weighted by molar-refractivity contribution is 6.30. The quantitative estimate of drug-likeness (QED) is 0.920. The third-order valence-corrected chi connectivity index (χ3v) is 2.83. The standard InChI is InChI=1S/C14H12ClFO2/c1-18-13-4-2-3-9(7-13)14(17)10-5-11(15)8-12(16)6-10/h2-8,14,17H,1H3. The van der Waals surface area contributed by atoms with Crippen LogP contribution in [0.4, 0.5) is 4.39 Å². The number of ether oxygens (including phenoxy) is 1. The topological polar surface area (TPSA) is 29.5 Å². The first-order chi connectivity index (χ1) is 8.60. The smallest absolute Gasteiger partial charge is 0.125 e. The van der Waals surface area contributed by atoms with E-state index in [4.69, 9.17) is 16.3 Å². The summed E-state index contributed by atoms with van der Waals surface area (Å²) in [5, 5.41) is 10.4. The minimum absolute atomic E-state index is 0.256. The maximum atomic E-state index is 13.2. The average Bonchev–Trinajstić information content (AvgIpc) is 2.37. The highest BCUT2D eigenvalue weighted by Gasteiger charge is 2.13. The lowest BCUT2D eigenvalue weighted by atomic mass is 10.0. The Morgan fingerprint density at radius 3 is 2.61 bits per heavy atom. The summed E-state index contributed by atoms with van der Waals surface area (Å²) in [6.45, 7) is 0. The number of rotatable bonds is 3. The number of benzene rings is 2. The first kappa shape index (κ1) is 12.9. The molecule has 1 unspecified atom stereocenters. The van der Waals surface area contributed by atoms with Gasteiger partial charge in [0.1, 0.15) is 17.7 Å². The molecule has 18 heavy (non-hydrogen) atoms. The molecule has 0 saturated carbocycles. The van der Waals surface area contributed by atoms with Crippen LogP contribution in [0.25, 0.3) is 0 Å². The highest BCUT2D eigenvalue weighted by atomic mass is 35.5. The van der Waals surface area contributed by atoms with Crippen LogP contribution in [0.3, 0.4) is 0 Å². The van der Waals surface area contributed by atoms with E-state index in [2.05, 4.69) is 0 Å². The summed E-state index contributed by atoms with van der Waals surface area (Å²) < 4.78 is 18.3. The Morgan fingerprint density at radius 2 is 1.94 bits per heavy atom. The van der Waals surface area contributed by atoms with Crippen molar-refractivity contribution in [2.24, 2.45) is 0 Å². The number of aliphatic hydroxyl groups excluding tert-OH is 1. The Kier molecular flexibility index (Phi) is 3.84. The van der Waals surface area contributed by atoms with E-state index in [0.717, 1.165) is 0 Å². The summed E-state index contributed by atoms with van der Waals surface area (Å²) in [6, 6.07) is 11.0. The van der Waals surface area contributed by atoms with Crippen LogP contribution < -0.4 is 4.74 Å². The van der Waals surface area contributed by atoms with Crippen molar-refractivity contribution in [2.75, 3.05) is 7.11 Å². The summed E-state index contributed by atoms with van der Waals surface area (Å²) >= 11 is 5.76. The maximum absolute atomic E-state index is 13.2. The molecule has 1 N–H and O–H groups in total. The number of hydrogen-bond donors (Lipinski definition) is 1. The predicted molar refractivity (Wildman–Crippen MR) is 68.5 cm³/mol. The molecular formula is C14H12ClFO2. The molecule has 0 heterocycles. The predicted octanol–water partition coefficient (Wildman–Crippen LogP) is 3.57. The number of hydrogen-bond acceptors (Lipinski definition) is 2. The Labute approximate surface area is 110 Å².